The Balaban J connectivity index is 1.66. The SMILES string of the molecule is Cc1nc(-c2ccc(Cl)s2)sc1C(=O)NC1CCC(C(=O)O)CC1. The Bertz CT molecular complexity index is 763. The molecular formula is C16H17ClN2O3S2. The van der Waals surface area contributed by atoms with Crippen LogP contribution in [0.2, 0.25) is 4.34 Å². The molecule has 0 unspecified atom stereocenters. The second-order valence-electron chi connectivity index (χ2n) is 5.90. The number of nitrogens with zero attached hydrogens (tertiary/aromatic N) is 1. The molecule has 1 saturated carbocycles. The Morgan fingerprint density at radius 3 is 2.54 bits per heavy atom. The van der Waals surface area contributed by atoms with Crippen LogP contribution in [0.1, 0.15) is 41.0 Å². The third kappa shape index (κ3) is 3.79. The van der Waals surface area contributed by atoms with E-state index in [-0.39, 0.29) is 17.9 Å². The number of aromatic nitrogens is 1. The second kappa shape index (κ2) is 7.21. The van der Waals surface area contributed by atoms with Crippen LogP contribution in [0.4, 0.5) is 0 Å². The first-order valence-corrected chi connectivity index (χ1v) is 9.72. The first-order chi connectivity index (χ1) is 11.4. The molecular weight excluding hydrogens is 368 g/mol. The summed E-state index contributed by atoms with van der Waals surface area (Å²) in [6, 6.07) is 3.76. The lowest BCUT2D eigenvalue weighted by atomic mass is 9.86. The number of carbonyl (C=O) groups excluding carboxylic acids is 1. The quantitative estimate of drug-likeness (QED) is 0.827. The van der Waals surface area contributed by atoms with Gasteiger partial charge in [0.2, 0.25) is 0 Å². The first-order valence-electron chi connectivity index (χ1n) is 7.71. The van der Waals surface area contributed by atoms with Crippen LogP contribution in [-0.2, 0) is 4.79 Å². The van der Waals surface area contributed by atoms with E-state index in [1.54, 1.807) is 0 Å². The zero-order valence-corrected chi connectivity index (χ0v) is 15.4. The Hall–Kier alpha value is -1.44. The van der Waals surface area contributed by atoms with E-state index in [0.29, 0.717) is 40.6 Å². The maximum atomic E-state index is 12.5. The summed E-state index contributed by atoms with van der Waals surface area (Å²) in [5.74, 6) is -1.14. The van der Waals surface area contributed by atoms with Crippen molar-refractivity contribution in [2.24, 2.45) is 5.92 Å². The summed E-state index contributed by atoms with van der Waals surface area (Å²) >= 11 is 8.76. The summed E-state index contributed by atoms with van der Waals surface area (Å²) in [6.45, 7) is 1.82. The number of carbonyl (C=O) groups is 2. The van der Waals surface area contributed by atoms with Crippen molar-refractivity contribution < 1.29 is 14.7 Å². The molecule has 0 radical (unpaired) electrons. The molecule has 2 aromatic rings. The van der Waals surface area contributed by atoms with E-state index >= 15 is 0 Å². The number of rotatable bonds is 4. The van der Waals surface area contributed by atoms with Gasteiger partial charge in [-0.1, -0.05) is 11.6 Å². The molecule has 2 N–H and O–H groups in total. The number of halogens is 1. The van der Waals surface area contributed by atoms with Crippen molar-refractivity contribution in [2.75, 3.05) is 0 Å². The Morgan fingerprint density at radius 2 is 1.96 bits per heavy atom. The third-order valence-electron chi connectivity index (χ3n) is 4.20. The van der Waals surface area contributed by atoms with Gasteiger partial charge in [-0.3, -0.25) is 9.59 Å². The van der Waals surface area contributed by atoms with Gasteiger partial charge in [0.25, 0.3) is 5.91 Å². The molecule has 5 nitrogen and oxygen atoms in total. The van der Waals surface area contributed by atoms with Gasteiger partial charge in [0.05, 0.1) is 20.8 Å². The largest absolute Gasteiger partial charge is 0.481 e. The lowest BCUT2D eigenvalue weighted by molar-refractivity contribution is -0.142. The van der Waals surface area contributed by atoms with Gasteiger partial charge in [-0.15, -0.1) is 22.7 Å². The molecule has 2 aromatic heterocycles. The average Bonchev–Trinajstić information content (AvgIpc) is 3.13. The zero-order chi connectivity index (χ0) is 17.3. The van der Waals surface area contributed by atoms with Crippen LogP contribution in [0.3, 0.4) is 0 Å². The summed E-state index contributed by atoms with van der Waals surface area (Å²) in [7, 11) is 0. The molecule has 3 rings (SSSR count). The maximum Gasteiger partial charge on any atom is 0.306 e. The number of thiophene rings is 1. The van der Waals surface area contributed by atoms with Gasteiger partial charge in [-0.25, -0.2) is 4.98 Å². The molecule has 1 fully saturated rings. The smallest absolute Gasteiger partial charge is 0.306 e. The Morgan fingerprint density at radius 1 is 1.25 bits per heavy atom. The lowest BCUT2D eigenvalue weighted by Crippen LogP contribution is -2.38. The number of nitrogens with one attached hydrogen (secondary N) is 1. The van der Waals surface area contributed by atoms with Crippen molar-refractivity contribution in [1.29, 1.82) is 0 Å². The normalized spacial score (nSPS) is 20.8. The van der Waals surface area contributed by atoms with Crippen LogP contribution in [0, 0.1) is 12.8 Å². The minimum absolute atomic E-state index is 0.0363. The molecule has 0 aromatic carbocycles. The minimum Gasteiger partial charge on any atom is -0.481 e. The van der Waals surface area contributed by atoms with E-state index in [1.165, 1.54) is 22.7 Å². The van der Waals surface area contributed by atoms with Gasteiger partial charge >= 0.3 is 5.97 Å². The van der Waals surface area contributed by atoms with Crippen molar-refractivity contribution in [3.8, 4) is 9.88 Å². The number of aliphatic carboxylic acids is 1. The summed E-state index contributed by atoms with van der Waals surface area (Å²) in [5.41, 5.74) is 0.705. The van der Waals surface area contributed by atoms with E-state index < -0.39 is 5.97 Å². The van der Waals surface area contributed by atoms with Gasteiger partial charge in [0.1, 0.15) is 9.88 Å². The number of hydrogen-bond donors (Lipinski definition) is 2. The van der Waals surface area contributed by atoms with Crippen molar-refractivity contribution in [2.45, 2.75) is 38.6 Å². The highest BCUT2D eigenvalue weighted by molar-refractivity contribution is 7.24. The van der Waals surface area contributed by atoms with E-state index in [1.807, 2.05) is 19.1 Å². The predicted octanol–water partition coefficient (Wildman–Crippen LogP) is 4.21. The van der Waals surface area contributed by atoms with Crippen LogP contribution in [0.15, 0.2) is 12.1 Å². The maximum absolute atomic E-state index is 12.5. The van der Waals surface area contributed by atoms with Gasteiger partial charge in [-0.05, 0) is 44.7 Å². The third-order valence-corrected chi connectivity index (χ3v) is 6.76. The van der Waals surface area contributed by atoms with Gasteiger partial charge in [0, 0.05) is 6.04 Å². The van der Waals surface area contributed by atoms with E-state index in [9.17, 15) is 9.59 Å². The van der Waals surface area contributed by atoms with E-state index in [2.05, 4.69) is 10.3 Å². The monoisotopic (exact) mass is 384 g/mol. The Labute approximate surface area is 152 Å². The van der Waals surface area contributed by atoms with E-state index in [0.717, 1.165) is 9.88 Å². The van der Waals surface area contributed by atoms with Crippen LogP contribution in [0.5, 0.6) is 0 Å². The highest BCUT2D eigenvalue weighted by atomic mass is 35.5. The standard InChI is InChI=1S/C16H17ClN2O3S2/c1-8-13(24-15(18-8)11-6-7-12(17)23-11)14(20)19-10-4-2-9(3-5-10)16(21)22/h6-7,9-10H,2-5H2,1H3,(H,19,20)(H,21,22). The second-order valence-corrected chi connectivity index (χ2v) is 8.61. The molecule has 0 spiro atoms. The molecule has 1 amide bonds. The van der Waals surface area contributed by atoms with Crippen molar-refractivity contribution >= 4 is 46.2 Å². The summed E-state index contributed by atoms with van der Waals surface area (Å²) < 4.78 is 0.694. The topological polar surface area (TPSA) is 79.3 Å². The number of thiazole rings is 1. The first kappa shape index (κ1) is 17.4. The highest BCUT2D eigenvalue weighted by Gasteiger charge is 2.27. The summed E-state index contributed by atoms with van der Waals surface area (Å²) in [4.78, 5) is 29.5. The van der Waals surface area contributed by atoms with Crippen LogP contribution >= 0.6 is 34.3 Å². The lowest BCUT2D eigenvalue weighted by Gasteiger charge is -2.26. The van der Waals surface area contributed by atoms with Gasteiger partial charge in [0.15, 0.2) is 0 Å². The number of hydrogen-bond acceptors (Lipinski definition) is 5. The van der Waals surface area contributed by atoms with Gasteiger partial charge in [-0.2, -0.15) is 0 Å². The number of aryl methyl sites for hydroxylation is 1. The molecule has 1 aliphatic carbocycles. The Kier molecular flexibility index (Phi) is 5.22. The average molecular weight is 385 g/mol. The number of carboxylic acids is 1. The molecule has 1 aliphatic rings. The van der Waals surface area contributed by atoms with Crippen molar-refractivity contribution in [3.05, 3.63) is 27.0 Å². The van der Waals surface area contributed by atoms with Crippen LogP contribution in [0.25, 0.3) is 9.88 Å². The van der Waals surface area contributed by atoms with Gasteiger partial charge < -0.3 is 10.4 Å². The van der Waals surface area contributed by atoms with Crippen LogP contribution in [-0.4, -0.2) is 28.0 Å². The molecule has 0 bridgehead atoms. The molecule has 0 atom stereocenters. The number of carboxylic acid groups (broad SMARTS) is 1. The molecule has 0 aliphatic heterocycles. The highest BCUT2D eigenvalue weighted by Crippen LogP contribution is 2.35. The van der Waals surface area contributed by atoms with Crippen molar-refractivity contribution in [3.63, 3.8) is 0 Å². The van der Waals surface area contributed by atoms with E-state index in [4.69, 9.17) is 16.7 Å². The predicted molar refractivity (Wildman–Crippen MR) is 96.0 cm³/mol. The fraction of sp³-hybridized carbons (Fsp3) is 0.438. The van der Waals surface area contributed by atoms with Crippen molar-refractivity contribution in [1.82, 2.24) is 10.3 Å². The molecule has 24 heavy (non-hydrogen) atoms. The molecule has 128 valence electrons. The molecule has 2 heterocycles. The zero-order valence-electron chi connectivity index (χ0n) is 13.0. The molecule has 8 heteroatoms. The minimum atomic E-state index is -0.739. The van der Waals surface area contributed by atoms with Crippen LogP contribution < -0.4 is 5.32 Å². The summed E-state index contributed by atoms with van der Waals surface area (Å²) in [6.07, 6.45) is 2.63. The fourth-order valence-electron chi connectivity index (χ4n) is 2.88. The summed E-state index contributed by atoms with van der Waals surface area (Å²) in [5, 5.41) is 12.8. The fourth-order valence-corrected chi connectivity index (χ4v) is 4.94. The molecule has 0 saturated heterocycles. The number of amides is 1.